The Morgan fingerprint density at radius 2 is 1.93 bits per heavy atom. The van der Waals surface area contributed by atoms with Crippen molar-refractivity contribution in [2.75, 3.05) is 25.4 Å². The van der Waals surface area contributed by atoms with Gasteiger partial charge in [-0.15, -0.1) is 10.2 Å². The smallest absolute Gasteiger partial charge is 0.277 e. The van der Waals surface area contributed by atoms with Crippen molar-refractivity contribution in [3.8, 4) is 29.3 Å². The number of ether oxygens (including phenoxy) is 1. The molecule has 2 aromatic rings. The molecule has 140 valence electrons. The van der Waals surface area contributed by atoms with Crippen molar-refractivity contribution in [1.82, 2.24) is 15.1 Å². The van der Waals surface area contributed by atoms with Crippen LogP contribution in [0.3, 0.4) is 0 Å². The van der Waals surface area contributed by atoms with Crippen LogP contribution in [0.25, 0.3) is 11.5 Å². The second-order valence-electron chi connectivity index (χ2n) is 5.29. The van der Waals surface area contributed by atoms with Crippen LogP contribution in [0, 0.1) is 22.7 Å². The van der Waals surface area contributed by atoms with Gasteiger partial charge in [-0.25, -0.2) is 0 Å². The Morgan fingerprint density at radius 3 is 2.59 bits per heavy atom. The van der Waals surface area contributed by atoms with Crippen molar-refractivity contribution in [3.63, 3.8) is 0 Å². The third-order valence-corrected chi connectivity index (χ3v) is 4.29. The number of aromatic nitrogens is 2. The molecule has 1 heterocycles. The Kier molecular flexibility index (Phi) is 8.14. The van der Waals surface area contributed by atoms with Gasteiger partial charge >= 0.3 is 0 Å². The number of carbonyl (C=O) groups is 1. The molecule has 0 unspecified atom stereocenters. The van der Waals surface area contributed by atoms with Crippen molar-refractivity contribution in [2.45, 2.75) is 25.0 Å². The summed E-state index contributed by atoms with van der Waals surface area (Å²) in [6.07, 6.45) is 0.446. The minimum absolute atomic E-state index is 0.0889. The second kappa shape index (κ2) is 10.8. The minimum Gasteiger partial charge on any atom is -0.493 e. The summed E-state index contributed by atoms with van der Waals surface area (Å²) in [5.74, 6) is 0.876. The van der Waals surface area contributed by atoms with E-state index in [0.717, 1.165) is 11.8 Å². The van der Waals surface area contributed by atoms with Gasteiger partial charge in [0.2, 0.25) is 5.91 Å². The molecule has 0 bridgehead atoms. The number of para-hydroxylation sites is 1. The first-order chi connectivity index (χ1) is 13.2. The molecule has 0 N–H and O–H groups in total. The van der Waals surface area contributed by atoms with E-state index in [4.69, 9.17) is 19.7 Å². The van der Waals surface area contributed by atoms with Gasteiger partial charge in [-0.05, 0) is 19.1 Å². The van der Waals surface area contributed by atoms with Gasteiger partial charge in [0.15, 0.2) is 0 Å². The lowest BCUT2D eigenvalue weighted by molar-refractivity contribution is -0.128. The molecular weight excluding hydrogens is 366 g/mol. The van der Waals surface area contributed by atoms with Crippen LogP contribution in [0.4, 0.5) is 0 Å². The Hall–Kier alpha value is -3.04. The highest BCUT2D eigenvalue weighted by molar-refractivity contribution is 7.99. The van der Waals surface area contributed by atoms with Crippen LogP contribution in [-0.4, -0.2) is 46.5 Å². The van der Waals surface area contributed by atoms with E-state index in [-0.39, 0.29) is 29.7 Å². The van der Waals surface area contributed by atoms with E-state index >= 15 is 0 Å². The van der Waals surface area contributed by atoms with Crippen molar-refractivity contribution < 1.29 is 13.9 Å². The largest absolute Gasteiger partial charge is 0.493 e. The molecule has 0 aliphatic heterocycles. The summed E-state index contributed by atoms with van der Waals surface area (Å²) in [6, 6.07) is 11.4. The maximum atomic E-state index is 12.3. The van der Waals surface area contributed by atoms with Crippen LogP contribution in [-0.2, 0) is 4.79 Å². The molecule has 0 saturated carbocycles. The zero-order chi connectivity index (χ0) is 19.5. The van der Waals surface area contributed by atoms with Crippen molar-refractivity contribution in [3.05, 3.63) is 24.3 Å². The molecule has 1 aromatic heterocycles. The number of hydrogen-bond donors (Lipinski definition) is 0. The first kappa shape index (κ1) is 20.3. The summed E-state index contributed by atoms with van der Waals surface area (Å²) in [5.41, 5.74) is 0.690. The summed E-state index contributed by atoms with van der Waals surface area (Å²) < 4.78 is 11.2. The van der Waals surface area contributed by atoms with Gasteiger partial charge in [0.05, 0.1) is 42.9 Å². The van der Waals surface area contributed by atoms with Crippen LogP contribution < -0.4 is 4.74 Å². The van der Waals surface area contributed by atoms with Gasteiger partial charge in [0.1, 0.15) is 5.75 Å². The second-order valence-corrected chi connectivity index (χ2v) is 6.21. The SMILES string of the molecule is CCOc1ccccc1-c1nnc(SCC(=O)N(CCC#N)CCC#N)o1. The summed E-state index contributed by atoms with van der Waals surface area (Å²) in [5, 5.41) is 25.7. The van der Waals surface area contributed by atoms with Gasteiger partial charge in [-0.1, -0.05) is 23.9 Å². The number of nitriles is 2. The van der Waals surface area contributed by atoms with Crippen LogP contribution in [0.15, 0.2) is 33.9 Å². The minimum atomic E-state index is -0.181. The monoisotopic (exact) mass is 385 g/mol. The van der Waals surface area contributed by atoms with E-state index in [0.29, 0.717) is 36.9 Å². The highest BCUT2D eigenvalue weighted by atomic mass is 32.2. The van der Waals surface area contributed by atoms with Gasteiger partial charge in [0.25, 0.3) is 11.1 Å². The fourth-order valence-electron chi connectivity index (χ4n) is 2.25. The van der Waals surface area contributed by atoms with Gasteiger partial charge in [-0.3, -0.25) is 4.79 Å². The molecule has 0 atom stereocenters. The molecule has 27 heavy (non-hydrogen) atoms. The molecular formula is C18H19N5O3S. The molecule has 8 nitrogen and oxygen atoms in total. The average molecular weight is 385 g/mol. The molecule has 9 heteroatoms. The highest BCUT2D eigenvalue weighted by Gasteiger charge is 2.17. The van der Waals surface area contributed by atoms with Crippen LogP contribution in [0.1, 0.15) is 19.8 Å². The fourth-order valence-corrected chi connectivity index (χ4v) is 2.91. The number of hydrogen-bond acceptors (Lipinski definition) is 8. The predicted octanol–water partition coefficient (Wildman–Crippen LogP) is 2.88. The third kappa shape index (κ3) is 6.01. The van der Waals surface area contributed by atoms with Crippen molar-refractivity contribution in [1.29, 1.82) is 10.5 Å². The predicted molar refractivity (Wildman–Crippen MR) is 98.7 cm³/mol. The number of amides is 1. The molecule has 0 spiro atoms. The topological polar surface area (TPSA) is 116 Å². The van der Waals surface area contributed by atoms with Gasteiger partial charge in [0, 0.05) is 13.1 Å². The zero-order valence-electron chi connectivity index (χ0n) is 14.9. The summed E-state index contributed by atoms with van der Waals surface area (Å²) in [6.45, 7) is 3.01. The lowest BCUT2D eigenvalue weighted by Gasteiger charge is -2.19. The molecule has 1 amide bonds. The van der Waals surface area contributed by atoms with E-state index in [1.165, 1.54) is 4.90 Å². The first-order valence-electron chi connectivity index (χ1n) is 8.39. The maximum absolute atomic E-state index is 12.3. The van der Waals surface area contributed by atoms with Gasteiger partial charge in [-0.2, -0.15) is 10.5 Å². The van der Waals surface area contributed by atoms with Crippen LogP contribution in [0.2, 0.25) is 0 Å². The Labute approximate surface area is 161 Å². The third-order valence-electron chi connectivity index (χ3n) is 3.48. The number of nitrogens with zero attached hydrogens (tertiary/aromatic N) is 5. The summed E-state index contributed by atoms with van der Waals surface area (Å²) in [7, 11) is 0. The van der Waals surface area contributed by atoms with Gasteiger partial charge < -0.3 is 14.1 Å². The average Bonchev–Trinajstić information content (AvgIpc) is 3.16. The van der Waals surface area contributed by atoms with E-state index in [1.54, 1.807) is 0 Å². The van der Waals surface area contributed by atoms with E-state index in [9.17, 15) is 4.79 Å². The van der Waals surface area contributed by atoms with Crippen LogP contribution >= 0.6 is 11.8 Å². The Balaban J connectivity index is 2.00. The van der Waals surface area contributed by atoms with E-state index in [2.05, 4.69) is 10.2 Å². The van der Waals surface area contributed by atoms with Crippen molar-refractivity contribution in [2.24, 2.45) is 0 Å². The number of carbonyl (C=O) groups excluding carboxylic acids is 1. The molecule has 0 aliphatic carbocycles. The lowest BCUT2D eigenvalue weighted by Crippen LogP contribution is -2.34. The molecule has 1 aromatic carbocycles. The molecule has 2 rings (SSSR count). The van der Waals surface area contributed by atoms with E-state index in [1.807, 2.05) is 43.3 Å². The summed E-state index contributed by atoms with van der Waals surface area (Å²) >= 11 is 1.12. The Morgan fingerprint density at radius 1 is 1.22 bits per heavy atom. The molecule has 0 aliphatic rings. The zero-order valence-corrected chi connectivity index (χ0v) is 15.7. The molecule has 0 saturated heterocycles. The standard InChI is InChI=1S/C18H19N5O3S/c1-2-25-15-8-4-3-7-14(15)17-21-22-18(26-17)27-13-16(24)23(11-5-9-19)12-6-10-20/h3-4,7-8H,2,5-6,11-13H2,1H3. The van der Waals surface area contributed by atoms with Crippen molar-refractivity contribution >= 4 is 17.7 Å². The van der Waals surface area contributed by atoms with E-state index < -0.39 is 0 Å². The number of thioether (sulfide) groups is 1. The summed E-state index contributed by atoms with van der Waals surface area (Å²) in [4.78, 5) is 13.8. The van der Waals surface area contributed by atoms with Crippen LogP contribution in [0.5, 0.6) is 5.75 Å². The molecule has 0 radical (unpaired) electrons. The number of rotatable bonds is 10. The quantitative estimate of drug-likeness (QED) is 0.573. The normalized spacial score (nSPS) is 10.0. The maximum Gasteiger partial charge on any atom is 0.277 e. The Bertz CT molecular complexity index is 822. The number of benzene rings is 1. The fraction of sp³-hybridized carbons (Fsp3) is 0.389. The first-order valence-corrected chi connectivity index (χ1v) is 9.38. The highest BCUT2D eigenvalue weighted by Crippen LogP contribution is 2.30. The molecule has 0 fully saturated rings. The lowest BCUT2D eigenvalue weighted by atomic mass is 10.2.